The molecule has 1 saturated heterocycles. The summed E-state index contributed by atoms with van der Waals surface area (Å²) in [4.78, 5) is 15.2. The van der Waals surface area contributed by atoms with Crippen LogP contribution >= 0.6 is 0 Å². The number of hydrogen-bond donors (Lipinski definition) is 0. The standard InChI is InChI=1S/C21H29NO4S/c1-17-9-11-19(12-10-17)27(24,25)16-14-21(13-6-15-22(21)2)20(23)26-18-7-4-3-5-8-18/h9-12,14,16,18H,3-8,13,15H2,1-2H3/b16-14+/t21-/m1/s1. The van der Waals surface area contributed by atoms with Crippen molar-refractivity contribution in [1.82, 2.24) is 4.90 Å². The van der Waals surface area contributed by atoms with Gasteiger partial charge in [0.1, 0.15) is 11.6 Å². The van der Waals surface area contributed by atoms with Gasteiger partial charge in [-0.15, -0.1) is 0 Å². The van der Waals surface area contributed by atoms with Crippen molar-refractivity contribution in [3.05, 3.63) is 41.3 Å². The minimum Gasteiger partial charge on any atom is -0.461 e. The molecule has 1 aromatic carbocycles. The first-order chi connectivity index (χ1) is 12.8. The van der Waals surface area contributed by atoms with Crippen LogP contribution in [0.4, 0.5) is 0 Å². The van der Waals surface area contributed by atoms with Gasteiger partial charge in [-0.2, -0.15) is 0 Å². The van der Waals surface area contributed by atoms with E-state index in [0.29, 0.717) is 6.42 Å². The number of aryl methyl sites for hydroxylation is 1. The summed E-state index contributed by atoms with van der Waals surface area (Å²) in [6, 6.07) is 6.74. The summed E-state index contributed by atoms with van der Waals surface area (Å²) in [6.07, 6.45) is 8.07. The summed E-state index contributed by atoms with van der Waals surface area (Å²) in [5.74, 6) is -0.315. The van der Waals surface area contributed by atoms with Crippen LogP contribution in [0.25, 0.3) is 0 Å². The van der Waals surface area contributed by atoms with E-state index in [9.17, 15) is 13.2 Å². The third-order valence-electron chi connectivity index (χ3n) is 5.78. The number of benzene rings is 1. The predicted octanol–water partition coefficient (Wildman–Crippen LogP) is 3.62. The Hall–Kier alpha value is -1.66. The fraction of sp³-hybridized carbons (Fsp3) is 0.571. The van der Waals surface area contributed by atoms with E-state index >= 15 is 0 Å². The molecule has 1 atom stereocenters. The maximum atomic E-state index is 13.0. The zero-order valence-corrected chi connectivity index (χ0v) is 17.0. The Balaban J connectivity index is 1.83. The van der Waals surface area contributed by atoms with Crippen LogP contribution in [0.3, 0.4) is 0 Å². The number of likely N-dealkylation sites (N-methyl/N-ethyl adjacent to an activating group) is 1. The van der Waals surface area contributed by atoms with Gasteiger partial charge in [0, 0.05) is 5.41 Å². The molecule has 1 aromatic rings. The summed E-state index contributed by atoms with van der Waals surface area (Å²) in [6.45, 7) is 2.66. The molecule has 0 spiro atoms. The van der Waals surface area contributed by atoms with Crippen molar-refractivity contribution in [2.45, 2.75) is 68.4 Å². The van der Waals surface area contributed by atoms with Crippen molar-refractivity contribution in [3.63, 3.8) is 0 Å². The van der Waals surface area contributed by atoms with Gasteiger partial charge in [-0.3, -0.25) is 4.90 Å². The molecule has 3 rings (SSSR count). The molecule has 1 heterocycles. The first kappa shape index (κ1) is 20.1. The first-order valence-electron chi connectivity index (χ1n) is 9.77. The van der Waals surface area contributed by atoms with Crippen LogP contribution in [0.15, 0.2) is 40.6 Å². The SMILES string of the molecule is Cc1ccc(S(=O)(=O)/C=C/[C@@]2(C(=O)OC3CCCCC3)CCCN2C)cc1. The summed E-state index contributed by atoms with van der Waals surface area (Å²) in [5.41, 5.74) is 0.0101. The normalized spacial score (nSPS) is 25.1. The van der Waals surface area contributed by atoms with Crippen molar-refractivity contribution in [2.24, 2.45) is 0 Å². The average molecular weight is 392 g/mol. The molecule has 2 fully saturated rings. The smallest absolute Gasteiger partial charge is 0.330 e. The Morgan fingerprint density at radius 3 is 2.41 bits per heavy atom. The van der Waals surface area contributed by atoms with Gasteiger partial charge in [0.15, 0.2) is 9.84 Å². The summed E-state index contributed by atoms with van der Waals surface area (Å²) >= 11 is 0. The number of hydrogen-bond acceptors (Lipinski definition) is 5. The Labute approximate surface area is 162 Å². The second-order valence-electron chi connectivity index (χ2n) is 7.78. The predicted molar refractivity (Wildman–Crippen MR) is 105 cm³/mol. The van der Waals surface area contributed by atoms with Gasteiger partial charge >= 0.3 is 5.97 Å². The molecule has 148 valence electrons. The summed E-state index contributed by atoms with van der Waals surface area (Å²) < 4.78 is 31.2. The van der Waals surface area contributed by atoms with E-state index in [1.54, 1.807) is 30.3 Å². The third kappa shape index (κ3) is 4.43. The van der Waals surface area contributed by atoms with Crippen LogP contribution in [0, 0.1) is 6.92 Å². The highest BCUT2D eigenvalue weighted by molar-refractivity contribution is 7.94. The minimum absolute atomic E-state index is 0.0424. The summed E-state index contributed by atoms with van der Waals surface area (Å²) in [5, 5.41) is 1.18. The number of esters is 1. The molecule has 0 radical (unpaired) electrons. The van der Waals surface area contributed by atoms with Crippen molar-refractivity contribution in [2.75, 3.05) is 13.6 Å². The minimum atomic E-state index is -3.61. The second-order valence-corrected chi connectivity index (χ2v) is 9.61. The molecule has 1 aliphatic heterocycles. The molecule has 1 aliphatic carbocycles. The topological polar surface area (TPSA) is 63.7 Å². The Bertz CT molecular complexity index is 794. The van der Waals surface area contributed by atoms with Crippen LogP contribution in [0.5, 0.6) is 0 Å². The van der Waals surface area contributed by atoms with E-state index in [2.05, 4.69) is 0 Å². The summed E-state index contributed by atoms with van der Waals surface area (Å²) in [7, 11) is -1.75. The Morgan fingerprint density at radius 1 is 1.15 bits per heavy atom. The van der Waals surface area contributed by atoms with Crippen LogP contribution in [-0.4, -0.2) is 44.5 Å². The van der Waals surface area contributed by atoms with Gasteiger partial charge in [0.05, 0.1) is 4.90 Å². The zero-order valence-electron chi connectivity index (χ0n) is 16.2. The van der Waals surface area contributed by atoms with Gasteiger partial charge in [0.2, 0.25) is 0 Å². The van der Waals surface area contributed by atoms with E-state index in [-0.39, 0.29) is 17.0 Å². The van der Waals surface area contributed by atoms with E-state index in [1.165, 1.54) is 11.8 Å². The van der Waals surface area contributed by atoms with Crippen molar-refractivity contribution in [1.29, 1.82) is 0 Å². The maximum Gasteiger partial charge on any atom is 0.330 e. The van der Waals surface area contributed by atoms with Crippen LogP contribution in [-0.2, 0) is 19.4 Å². The third-order valence-corrected chi connectivity index (χ3v) is 7.21. The number of sulfone groups is 1. The molecule has 0 unspecified atom stereocenters. The Kier molecular flexibility index (Phi) is 6.06. The van der Waals surface area contributed by atoms with E-state index in [4.69, 9.17) is 4.74 Å². The lowest BCUT2D eigenvalue weighted by Crippen LogP contribution is -2.49. The van der Waals surface area contributed by atoms with Crippen molar-refractivity contribution >= 4 is 15.8 Å². The molecule has 0 aromatic heterocycles. The quantitative estimate of drug-likeness (QED) is 0.717. The highest BCUT2D eigenvalue weighted by Gasteiger charge is 2.46. The van der Waals surface area contributed by atoms with E-state index in [0.717, 1.165) is 44.2 Å². The first-order valence-corrected chi connectivity index (χ1v) is 11.3. The number of carbonyl (C=O) groups excluding carboxylic acids is 1. The van der Waals surface area contributed by atoms with Gasteiger partial charge in [-0.25, -0.2) is 13.2 Å². The second kappa shape index (κ2) is 8.15. The van der Waals surface area contributed by atoms with Gasteiger partial charge in [0.25, 0.3) is 0 Å². The molecule has 6 heteroatoms. The highest BCUT2D eigenvalue weighted by atomic mass is 32.2. The fourth-order valence-electron chi connectivity index (χ4n) is 3.96. The van der Waals surface area contributed by atoms with Crippen molar-refractivity contribution in [3.8, 4) is 0 Å². The highest BCUT2D eigenvalue weighted by Crippen LogP contribution is 2.33. The van der Waals surface area contributed by atoms with Crippen LogP contribution < -0.4 is 0 Å². The van der Waals surface area contributed by atoms with Gasteiger partial charge < -0.3 is 4.74 Å². The lowest BCUT2D eigenvalue weighted by atomic mass is 9.95. The molecule has 0 N–H and O–H groups in total. The number of carbonyl (C=O) groups is 1. The number of nitrogens with zero attached hydrogens (tertiary/aromatic N) is 1. The average Bonchev–Trinajstić information content (AvgIpc) is 3.03. The molecule has 2 aliphatic rings. The molecule has 0 amide bonds. The Morgan fingerprint density at radius 2 is 1.81 bits per heavy atom. The molecular formula is C21H29NO4S. The van der Waals surface area contributed by atoms with E-state index < -0.39 is 15.4 Å². The van der Waals surface area contributed by atoms with Crippen LogP contribution in [0.2, 0.25) is 0 Å². The number of likely N-dealkylation sites (tertiary alicyclic amines) is 1. The lowest BCUT2D eigenvalue weighted by molar-refractivity contribution is -0.160. The monoisotopic (exact) mass is 391 g/mol. The largest absolute Gasteiger partial charge is 0.461 e. The number of ether oxygens (including phenoxy) is 1. The molecular weight excluding hydrogens is 362 g/mol. The number of rotatable bonds is 5. The maximum absolute atomic E-state index is 13.0. The van der Waals surface area contributed by atoms with Crippen molar-refractivity contribution < 1.29 is 17.9 Å². The fourth-order valence-corrected chi connectivity index (χ4v) is 5.03. The van der Waals surface area contributed by atoms with Gasteiger partial charge in [-0.1, -0.05) is 24.1 Å². The van der Waals surface area contributed by atoms with Crippen LogP contribution in [0.1, 0.15) is 50.5 Å². The lowest BCUT2D eigenvalue weighted by Gasteiger charge is -2.33. The molecule has 5 nitrogen and oxygen atoms in total. The zero-order chi connectivity index (χ0) is 19.5. The molecule has 1 saturated carbocycles. The molecule has 27 heavy (non-hydrogen) atoms. The molecule has 0 bridgehead atoms. The van der Waals surface area contributed by atoms with Gasteiger partial charge in [-0.05, 0) is 77.2 Å². The van der Waals surface area contributed by atoms with E-state index in [1.807, 2.05) is 18.9 Å².